The number of thiazole rings is 1. The van der Waals surface area contributed by atoms with Crippen LogP contribution in [0.4, 0.5) is 5.13 Å². The number of aryl methyl sites for hydroxylation is 1. The monoisotopic (exact) mass is 448 g/mol. The van der Waals surface area contributed by atoms with Gasteiger partial charge in [-0.3, -0.25) is 10.1 Å². The third-order valence-corrected chi connectivity index (χ3v) is 7.18. The number of sulfone groups is 1. The molecule has 0 atom stereocenters. The van der Waals surface area contributed by atoms with Crippen molar-refractivity contribution in [2.24, 2.45) is 0 Å². The summed E-state index contributed by atoms with van der Waals surface area (Å²) in [7, 11) is -3.49. The van der Waals surface area contributed by atoms with Gasteiger partial charge in [0.25, 0.3) is 5.91 Å². The van der Waals surface area contributed by atoms with E-state index in [0.29, 0.717) is 16.3 Å². The van der Waals surface area contributed by atoms with Crippen molar-refractivity contribution in [2.75, 3.05) is 5.32 Å². The predicted molar refractivity (Wildman–Crippen MR) is 124 cm³/mol. The molecule has 0 spiro atoms. The first-order chi connectivity index (χ1) is 14.9. The van der Waals surface area contributed by atoms with Gasteiger partial charge in [0.2, 0.25) is 0 Å². The van der Waals surface area contributed by atoms with Crippen molar-refractivity contribution in [3.05, 3.63) is 101 Å². The molecule has 0 saturated carbocycles. The highest BCUT2D eigenvalue weighted by Gasteiger charge is 2.16. The van der Waals surface area contributed by atoms with Crippen molar-refractivity contribution in [1.29, 1.82) is 0 Å². The van der Waals surface area contributed by atoms with Gasteiger partial charge in [-0.05, 0) is 36.8 Å². The summed E-state index contributed by atoms with van der Waals surface area (Å²) in [5.41, 5.74) is 3.88. The molecule has 0 aliphatic carbocycles. The zero-order valence-electron chi connectivity index (χ0n) is 16.8. The average molecular weight is 449 g/mol. The molecule has 0 bridgehead atoms. The number of amides is 1. The second-order valence-electron chi connectivity index (χ2n) is 7.13. The van der Waals surface area contributed by atoms with Gasteiger partial charge < -0.3 is 0 Å². The average Bonchev–Trinajstić information content (AvgIpc) is 3.23. The van der Waals surface area contributed by atoms with Crippen LogP contribution in [-0.2, 0) is 15.6 Å². The summed E-state index contributed by atoms with van der Waals surface area (Å²) in [4.78, 5) is 17.4. The number of nitrogens with zero attached hydrogens (tertiary/aromatic N) is 1. The first kappa shape index (κ1) is 21.0. The zero-order valence-corrected chi connectivity index (χ0v) is 18.4. The second kappa shape index (κ2) is 8.83. The SMILES string of the molecule is Cc1ccc(-c2csc(NC(=O)c3cccc(CS(=O)(=O)c4ccccc4)c3)n2)cc1. The fraction of sp³-hybridized carbons (Fsp3) is 0.0833. The molecule has 0 aliphatic rings. The van der Waals surface area contributed by atoms with Crippen LogP contribution in [0.3, 0.4) is 0 Å². The van der Waals surface area contributed by atoms with Gasteiger partial charge >= 0.3 is 0 Å². The van der Waals surface area contributed by atoms with E-state index >= 15 is 0 Å². The van der Waals surface area contributed by atoms with E-state index in [9.17, 15) is 13.2 Å². The lowest BCUT2D eigenvalue weighted by molar-refractivity contribution is 0.102. The molecule has 1 N–H and O–H groups in total. The molecule has 1 amide bonds. The number of carbonyl (C=O) groups excluding carboxylic acids is 1. The third kappa shape index (κ3) is 5.07. The minimum absolute atomic E-state index is 0.174. The number of hydrogen-bond donors (Lipinski definition) is 1. The van der Waals surface area contributed by atoms with E-state index in [0.717, 1.165) is 11.3 Å². The Hall–Kier alpha value is -3.29. The maximum absolute atomic E-state index is 12.7. The Morgan fingerprint density at radius 2 is 1.71 bits per heavy atom. The second-order valence-corrected chi connectivity index (χ2v) is 9.98. The van der Waals surface area contributed by atoms with E-state index in [4.69, 9.17) is 0 Å². The van der Waals surface area contributed by atoms with Gasteiger partial charge in [-0.1, -0.05) is 60.2 Å². The number of rotatable bonds is 6. The van der Waals surface area contributed by atoms with Gasteiger partial charge in [0.15, 0.2) is 15.0 Å². The molecule has 0 aliphatic heterocycles. The Morgan fingerprint density at radius 1 is 0.968 bits per heavy atom. The Labute approximate surface area is 185 Å². The molecule has 7 heteroatoms. The van der Waals surface area contributed by atoms with Crippen molar-refractivity contribution in [1.82, 2.24) is 4.98 Å². The number of carbonyl (C=O) groups is 1. The Bertz CT molecular complexity index is 1310. The molecule has 5 nitrogen and oxygen atoms in total. The molecule has 0 radical (unpaired) electrons. The van der Waals surface area contributed by atoms with Crippen LogP contribution in [0.25, 0.3) is 11.3 Å². The van der Waals surface area contributed by atoms with Crippen LogP contribution in [0, 0.1) is 6.92 Å². The van der Waals surface area contributed by atoms with Crippen molar-refractivity contribution in [3.8, 4) is 11.3 Å². The van der Waals surface area contributed by atoms with Gasteiger partial charge in [-0.25, -0.2) is 13.4 Å². The van der Waals surface area contributed by atoms with E-state index in [2.05, 4.69) is 10.3 Å². The highest BCUT2D eigenvalue weighted by molar-refractivity contribution is 7.90. The van der Waals surface area contributed by atoms with Crippen LogP contribution >= 0.6 is 11.3 Å². The first-order valence-electron chi connectivity index (χ1n) is 9.61. The zero-order chi connectivity index (χ0) is 21.8. The molecule has 3 aromatic carbocycles. The van der Waals surface area contributed by atoms with Crippen molar-refractivity contribution >= 4 is 32.2 Å². The van der Waals surface area contributed by atoms with Crippen LogP contribution in [0.15, 0.2) is 89.1 Å². The van der Waals surface area contributed by atoms with E-state index in [1.165, 1.54) is 16.9 Å². The molecule has 4 aromatic rings. The molecule has 1 aromatic heterocycles. The summed E-state index contributed by atoms with van der Waals surface area (Å²) in [6.45, 7) is 2.02. The van der Waals surface area contributed by atoms with Gasteiger partial charge in [-0.15, -0.1) is 11.3 Å². The lowest BCUT2D eigenvalue weighted by Crippen LogP contribution is -2.12. The number of benzene rings is 3. The van der Waals surface area contributed by atoms with E-state index in [-0.39, 0.29) is 16.6 Å². The van der Waals surface area contributed by atoms with Crippen molar-refractivity contribution in [3.63, 3.8) is 0 Å². The summed E-state index contributed by atoms with van der Waals surface area (Å²) < 4.78 is 25.2. The number of anilines is 1. The molecular weight excluding hydrogens is 428 g/mol. The quantitative estimate of drug-likeness (QED) is 0.432. The summed E-state index contributed by atoms with van der Waals surface area (Å²) in [6.07, 6.45) is 0. The van der Waals surface area contributed by atoms with Crippen LogP contribution in [0.5, 0.6) is 0 Å². The lowest BCUT2D eigenvalue weighted by atomic mass is 10.1. The molecule has 156 valence electrons. The fourth-order valence-corrected chi connectivity index (χ4v) is 5.16. The summed E-state index contributed by atoms with van der Waals surface area (Å²) in [6, 6.07) is 23.0. The Kier molecular flexibility index (Phi) is 5.97. The van der Waals surface area contributed by atoms with E-state index in [1.807, 2.05) is 36.6 Å². The third-order valence-electron chi connectivity index (χ3n) is 4.72. The largest absolute Gasteiger partial charge is 0.298 e. The molecular formula is C24H20N2O3S2. The summed E-state index contributed by atoms with van der Waals surface area (Å²) in [5.74, 6) is -0.504. The lowest BCUT2D eigenvalue weighted by Gasteiger charge is -2.07. The van der Waals surface area contributed by atoms with Crippen LogP contribution < -0.4 is 5.32 Å². The highest BCUT2D eigenvalue weighted by Crippen LogP contribution is 2.25. The van der Waals surface area contributed by atoms with Crippen molar-refractivity contribution < 1.29 is 13.2 Å². The maximum Gasteiger partial charge on any atom is 0.257 e. The van der Waals surface area contributed by atoms with Gasteiger partial charge in [0.05, 0.1) is 16.3 Å². The predicted octanol–water partition coefficient (Wildman–Crippen LogP) is 5.34. The summed E-state index contributed by atoms with van der Waals surface area (Å²) in [5, 5.41) is 5.18. The Balaban J connectivity index is 1.48. The molecule has 31 heavy (non-hydrogen) atoms. The maximum atomic E-state index is 12.7. The van der Waals surface area contributed by atoms with Crippen LogP contribution in [0.1, 0.15) is 21.5 Å². The van der Waals surface area contributed by atoms with Crippen molar-refractivity contribution in [2.45, 2.75) is 17.6 Å². The van der Waals surface area contributed by atoms with Gasteiger partial charge in [0.1, 0.15) is 0 Å². The highest BCUT2D eigenvalue weighted by atomic mass is 32.2. The fourth-order valence-electron chi connectivity index (χ4n) is 3.09. The molecule has 4 rings (SSSR count). The Morgan fingerprint density at radius 3 is 2.45 bits per heavy atom. The minimum atomic E-state index is -3.49. The summed E-state index contributed by atoms with van der Waals surface area (Å²) >= 11 is 1.34. The smallest absolute Gasteiger partial charge is 0.257 e. The molecule has 0 fully saturated rings. The molecule has 0 unspecified atom stereocenters. The standard InChI is InChI=1S/C24H20N2O3S2/c1-17-10-12-19(13-11-17)22-15-30-24(25-22)26-23(27)20-7-5-6-18(14-20)16-31(28,29)21-8-3-2-4-9-21/h2-15H,16H2,1H3,(H,25,26,27). The van der Waals surface area contributed by atoms with Gasteiger partial charge in [0, 0.05) is 16.5 Å². The van der Waals surface area contributed by atoms with E-state index in [1.54, 1.807) is 54.6 Å². The van der Waals surface area contributed by atoms with Gasteiger partial charge in [-0.2, -0.15) is 0 Å². The number of nitrogens with one attached hydrogen (secondary N) is 1. The minimum Gasteiger partial charge on any atom is -0.298 e. The topological polar surface area (TPSA) is 76.1 Å². The number of hydrogen-bond acceptors (Lipinski definition) is 5. The first-order valence-corrected chi connectivity index (χ1v) is 12.1. The van der Waals surface area contributed by atoms with Crippen LogP contribution in [-0.4, -0.2) is 19.3 Å². The molecule has 0 saturated heterocycles. The molecule has 1 heterocycles. The van der Waals surface area contributed by atoms with E-state index < -0.39 is 9.84 Å². The number of aromatic nitrogens is 1. The van der Waals surface area contributed by atoms with Crippen LogP contribution in [0.2, 0.25) is 0 Å². The normalized spacial score (nSPS) is 11.3.